The van der Waals surface area contributed by atoms with Gasteiger partial charge in [0.25, 0.3) is 0 Å². The fraction of sp³-hybridized carbons (Fsp3) is 0.400. The Morgan fingerprint density at radius 3 is 2.81 bits per heavy atom. The summed E-state index contributed by atoms with van der Waals surface area (Å²) >= 11 is 0. The van der Waals surface area contributed by atoms with E-state index in [4.69, 9.17) is 4.42 Å². The van der Waals surface area contributed by atoms with Gasteiger partial charge in [0.15, 0.2) is 9.84 Å². The average Bonchev–Trinajstić information content (AvgIpc) is 2.91. The molecular formula is C15H18N2O3S. The summed E-state index contributed by atoms with van der Waals surface area (Å²) in [6.45, 7) is 3.11. The van der Waals surface area contributed by atoms with E-state index in [9.17, 15) is 8.42 Å². The lowest BCUT2D eigenvalue weighted by Crippen LogP contribution is -2.46. The third-order valence-corrected chi connectivity index (χ3v) is 5.54. The van der Waals surface area contributed by atoms with Crippen molar-refractivity contribution < 1.29 is 12.8 Å². The van der Waals surface area contributed by atoms with Crippen molar-refractivity contribution >= 4 is 9.84 Å². The van der Waals surface area contributed by atoms with Crippen LogP contribution in [0.4, 0.5) is 0 Å². The van der Waals surface area contributed by atoms with Gasteiger partial charge in [0.05, 0.1) is 17.2 Å². The van der Waals surface area contributed by atoms with Gasteiger partial charge in [-0.25, -0.2) is 13.4 Å². The summed E-state index contributed by atoms with van der Waals surface area (Å²) in [7, 11) is -2.88. The highest BCUT2D eigenvalue weighted by molar-refractivity contribution is 7.91. The lowest BCUT2D eigenvalue weighted by molar-refractivity contribution is 0.215. The zero-order valence-electron chi connectivity index (χ0n) is 11.9. The van der Waals surface area contributed by atoms with Crippen LogP contribution in [0.2, 0.25) is 0 Å². The van der Waals surface area contributed by atoms with Gasteiger partial charge in [-0.15, -0.1) is 0 Å². The Hall–Kier alpha value is -1.66. The average molecular weight is 306 g/mol. The molecule has 1 aliphatic heterocycles. The number of benzene rings is 1. The van der Waals surface area contributed by atoms with Crippen LogP contribution in [0.5, 0.6) is 0 Å². The predicted octanol–water partition coefficient (Wildman–Crippen LogP) is 1.96. The van der Waals surface area contributed by atoms with Crippen molar-refractivity contribution in [3.05, 3.63) is 42.3 Å². The molecule has 1 unspecified atom stereocenters. The Balaban J connectivity index is 1.71. The summed E-state index contributed by atoms with van der Waals surface area (Å²) in [5.74, 6) is 1.04. The van der Waals surface area contributed by atoms with Gasteiger partial charge in [0.2, 0.25) is 5.89 Å². The van der Waals surface area contributed by atoms with Crippen LogP contribution in [0.1, 0.15) is 12.6 Å². The molecule has 0 amide bonds. The molecule has 0 N–H and O–H groups in total. The Morgan fingerprint density at radius 2 is 2.10 bits per heavy atom. The first kappa shape index (κ1) is 14.3. The van der Waals surface area contributed by atoms with Crippen molar-refractivity contribution in [2.75, 3.05) is 18.1 Å². The van der Waals surface area contributed by atoms with Gasteiger partial charge in [-0.2, -0.15) is 0 Å². The molecule has 6 heteroatoms. The van der Waals surface area contributed by atoms with E-state index >= 15 is 0 Å². The van der Waals surface area contributed by atoms with Crippen LogP contribution in [0, 0.1) is 0 Å². The maximum atomic E-state index is 11.6. The monoisotopic (exact) mass is 306 g/mol. The second-order valence-corrected chi connectivity index (χ2v) is 7.67. The van der Waals surface area contributed by atoms with Crippen molar-refractivity contribution in [2.45, 2.75) is 19.5 Å². The molecule has 1 aromatic heterocycles. The van der Waals surface area contributed by atoms with Gasteiger partial charge in [-0.3, -0.25) is 4.90 Å². The van der Waals surface area contributed by atoms with Crippen LogP contribution < -0.4 is 0 Å². The first-order valence-corrected chi connectivity index (χ1v) is 8.80. The molecule has 2 aromatic rings. The molecule has 1 atom stereocenters. The van der Waals surface area contributed by atoms with Crippen molar-refractivity contribution in [3.63, 3.8) is 0 Å². The number of aromatic nitrogens is 1. The SMILES string of the molecule is CC1CS(=O)(=O)CCN1Cc1coc(-c2ccccc2)n1. The summed E-state index contributed by atoms with van der Waals surface area (Å²) in [6, 6.07) is 9.74. The molecule has 0 saturated carbocycles. The molecule has 5 nitrogen and oxygen atoms in total. The lowest BCUT2D eigenvalue weighted by atomic mass is 10.2. The van der Waals surface area contributed by atoms with E-state index in [2.05, 4.69) is 9.88 Å². The molecule has 112 valence electrons. The molecular weight excluding hydrogens is 288 g/mol. The summed E-state index contributed by atoms with van der Waals surface area (Å²) < 4.78 is 28.7. The topological polar surface area (TPSA) is 63.4 Å². The van der Waals surface area contributed by atoms with Crippen LogP contribution >= 0.6 is 0 Å². The standard InChI is InChI=1S/C15H18N2O3S/c1-12-11-21(18,19)8-7-17(12)9-14-10-20-15(16-14)13-5-3-2-4-6-13/h2-6,10,12H,7-9,11H2,1H3. The predicted molar refractivity (Wildman–Crippen MR) is 80.5 cm³/mol. The highest BCUT2D eigenvalue weighted by Crippen LogP contribution is 2.20. The van der Waals surface area contributed by atoms with Gasteiger partial charge < -0.3 is 4.42 Å². The Labute approximate surface area is 124 Å². The second-order valence-electron chi connectivity index (χ2n) is 5.44. The lowest BCUT2D eigenvalue weighted by Gasteiger charge is -2.32. The van der Waals surface area contributed by atoms with Gasteiger partial charge in [-0.1, -0.05) is 18.2 Å². The zero-order valence-corrected chi connectivity index (χ0v) is 12.7. The van der Waals surface area contributed by atoms with Gasteiger partial charge in [-0.05, 0) is 19.1 Å². The van der Waals surface area contributed by atoms with Crippen molar-refractivity contribution in [1.29, 1.82) is 0 Å². The molecule has 0 radical (unpaired) electrons. The molecule has 0 bridgehead atoms. The van der Waals surface area contributed by atoms with Crippen LogP contribution in [0.25, 0.3) is 11.5 Å². The number of oxazole rings is 1. The third kappa shape index (κ3) is 3.33. The van der Waals surface area contributed by atoms with Gasteiger partial charge in [0.1, 0.15) is 6.26 Å². The number of rotatable bonds is 3. The first-order chi connectivity index (χ1) is 10.0. The maximum absolute atomic E-state index is 11.6. The molecule has 21 heavy (non-hydrogen) atoms. The summed E-state index contributed by atoms with van der Waals surface area (Å²) in [6.07, 6.45) is 1.65. The molecule has 1 saturated heterocycles. The molecule has 1 aliphatic rings. The number of hydrogen-bond donors (Lipinski definition) is 0. The van der Waals surface area contributed by atoms with Crippen molar-refractivity contribution in [2.24, 2.45) is 0 Å². The van der Waals surface area contributed by atoms with E-state index in [0.29, 0.717) is 19.0 Å². The Kier molecular flexibility index (Phi) is 3.82. The van der Waals surface area contributed by atoms with E-state index in [-0.39, 0.29) is 17.5 Å². The minimum Gasteiger partial charge on any atom is -0.444 e. The first-order valence-electron chi connectivity index (χ1n) is 6.98. The van der Waals surface area contributed by atoms with E-state index in [0.717, 1.165) is 11.3 Å². The molecule has 1 aromatic carbocycles. The van der Waals surface area contributed by atoms with Crippen LogP contribution in [0.15, 0.2) is 41.0 Å². The molecule has 3 rings (SSSR count). The second kappa shape index (κ2) is 5.61. The van der Waals surface area contributed by atoms with Crippen molar-refractivity contribution in [3.8, 4) is 11.5 Å². The highest BCUT2D eigenvalue weighted by atomic mass is 32.2. The molecule has 0 spiro atoms. The normalized spacial score (nSPS) is 22.2. The van der Waals surface area contributed by atoms with Crippen molar-refractivity contribution in [1.82, 2.24) is 9.88 Å². The maximum Gasteiger partial charge on any atom is 0.226 e. The van der Waals surface area contributed by atoms with Crippen LogP contribution in [-0.4, -0.2) is 42.4 Å². The zero-order chi connectivity index (χ0) is 14.9. The summed E-state index contributed by atoms with van der Waals surface area (Å²) in [5.41, 5.74) is 1.78. The van der Waals surface area contributed by atoms with Crippen LogP contribution in [-0.2, 0) is 16.4 Å². The quantitative estimate of drug-likeness (QED) is 0.867. The summed E-state index contributed by atoms with van der Waals surface area (Å²) in [4.78, 5) is 6.62. The molecule has 2 heterocycles. The number of nitrogens with zero attached hydrogens (tertiary/aromatic N) is 2. The van der Waals surface area contributed by atoms with E-state index in [1.165, 1.54) is 0 Å². The minimum atomic E-state index is -2.88. The van der Waals surface area contributed by atoms with Gasteiger partial charge >= 0.3 is 0 Å². The number of hydrogen-bond acceptors (Lipinski definition) is 5. The largest absolute Gasteiger partial charge is 0.444 e. The Morgan fingerprint density at radius 1 is 1.33 bits per heavy atom. The third-order valence-electron chi connectivity index (χ3n) is 3.75. The molecule has 0 aliphatic carbocycles. The van der Waals surface area contributed by atoms with Crippen LogP contribution in [0.3, 0.4) is 0 Å². The Bertz CT molecular complexity index is 710. The highest BCUT2D eigenvalue weighted by Gasteiger charge is 2.28. The van der Waals surface area contributed by atoms with E-state index in [1.807, 2.05) is 37.3 Å². The minimum absolute atomic E-state index is 0.0145. The van der Waals surface area contributed by atoms with E-state index in [1.54, 1.807) is 6.26 Å². The summed E-state index contributed by atoms with van der Waals surface area (Å²) in [5, 5.41) is 0. The van der Waals surface area contributed by atoms with Gasteiger partial charge in [0, 0.05) is 24.7 Å². The molecule has 1 fully saturated rings. The fourth-order valence-corrected chi connectivity index (χ4v) is 4.19. The smallest absolute Gasteiger partial charge is 0.226 e. The van der Waals surface area contributed by atoms with E-state index < -0.39 is 9.84 Å². The fourth-order valence-electron chi connectivity index (χ4n) is 2.57. The number of sulfone groups is 1.